The lowest BCUT2D eigenvalue weighted by molar-refractivity contribution is 0.149. The molecule has 0 saturated carbocycles. The zero-order valence-electron chi connectivity index (χ0n) is 8.10. The van der Waals surface area contributed by atoms with Crippen molar-refractivity contribution in [2.45, 2.75) is 25.7 Å². The fourth-order valence-corrected chi connectivity index (χ4v) is 1.59. The van der Waals surface area contributed by atoms with E-state index in [9.17, 15) is 8.78 Å². The highest BCUT2D eigenvalue weighted by Gasteiger charge is 2.18. The van der Waals surface area contributed by atoms with Gasteiger partial charge in [-0.3, -0.25) is 4.98 Å². The summed E-state index contributed by atoms with van der Waals surface area (Å²) in [4.78, 5) is 3.94. The number of aromatic nitrogens is 1. The Morgan fingerprint density at radius 1 is 1.60 bits per heavy atom. The quantitative estimate of drug-likeness (QED) is 0.748. The highest BCUT2D eigenvalue weighted by atomic mass is 35.5. The lowest BCUT2D eigenvalue weighted by Gasteiger charge is -2.11. The maximum Gasteiger partial charge on any atom is 0.264 e. The summed E-state index contributed by atoms with van der Waals surface area (Å²) in [6, 6.07) is 1.89. The minimum atomic E-state index is -2.58. The summed E-state index contributed by atoms with van der Waals surface area (Å²) in [5.74, 6) is 0.000344. The first-order chi connectivity index (χ1) is 7.11. The molecule has 0 radical (unpaired) electrons. The van der Waals surface area contributed by atoms with E-state index in [-0.39, 0.29) is 17.9 Å². The second-order valence-corrected chi connectivity index (χ2v) is 3.31. The van der Waals surface area contributed by atoms with Crippen LogP contribution >= 0.6 is 11.6 Å². The highest BCUT2D eigenvalue weighted by molar-refractivity contribution is 6.17. The predicted octanol–water partition coefficient (Wildman–Crippen LogP) is 3.13. The van der Waals surface area contributed by atoms with Crippen molar-refractivity contribution in [1.29, 1.82) is 5.26 Å². The SMILES string of the molecule is Cc1c(CC#N)ncc(CCl)c1C(F)F. The number of alkyl halides is 3. The van der Waals surface area contributed by atoms with Gasteiger partial charge in [0.2, 0.25) is 0 Å². The summed E-state index contributed by atoms with van der Waals surface area (Å²) in [6.45, 7) is 1.54. The first-order valence-electron chi connectivity index (χ1n) is 4.30. The van der Waals surface area contributed by atoms with Crippen molar-refractivity contribution in [3.8, 4) is 6.07 Å². The van der Waals surface area contributed by atoms with Crippen molar-refractivity contribution in [3.63, 3.8) is 0 Å². The summed E-state index contributed by atoms with van der Waals surface area (Å²) < 4.78 is 25.5. The average molecular weight is 231 g/mol. The minimum absolute atomic E-state index is 0.000344. The van der Waals surface area contributed by atoms with E-state index in [1.54, 1.807) is 0 Å². The summed E-state index contributed by atoms with van der Waals surface area (Å²) in [7, 11) is 0. The molecule has 0 aromatic carbocycles. The van der Waals surface area contributed by atoms with E-state index in [0.29, 0.717) is 16.8 Å². The molecular formula is C10H9ClF2N2. The van der Waals surface area contributed by atoms with E-state index < -0.39 is 6.43 Å². The molecular weight excluding hydrogens is 222 g/mol. The van der Waals surface area contributed by atoms with Crippen LogP contribution in [0.3, 0.4) is 0 Å². The van der Waals surface area contributed by atoms with Crippen LogP contribution < -0.4 is 0 Å². The van der Waals surface area contributed by atoms with Crippen LogP contribution in [0.2, 0.25) is 0 Å². The average Bonchev–Trinajstić information content (AvgIpc) is 2.20. The van der Waals surface area contributed by atoms with E-state index >= 15 is 0 Å². The van der Waals surface area contributed by atoms with Crippen molar-refractivity contribution in [3.05, 3.63) is 28.6 Å². The number of rotatable bonds is 3. The largest absolute Gasteiger partial charge is 0.264 e. The van der Waals surface area contributed by atoms with Crippen molar-refractivity contribution >= 4 is 11.6 Å². The van der Waals surface area contributed by atoms with Crippen LogP contribution in [-0.4, -0.2) is 4.98 Å². The van der Waals surface area contributed by atoms with Crippen molar-refractivity contribution < 1.29 is 8.78 Å². The molecule has 0 N–H and O–H groups in total. The molecule has 1 aromatic rings. The van der Waals surface area contributed by atoms with Gasteiger partial charge in [0.15, 0.2) is 0 Å². The first-order valence-corrected chi connectivity index (χ1v) is 4.83. The maximum atomic E-state index is 12.7. The Balaban J connectivity index is 3.30. The standard InChI is InChI=1S/C10H9ClF2N2/c1-6-8(2-3-14)15-5-7(4-11)9(6)10(12)13/h5,10H,2,4H2,1H3. The van der Waals surface area contributed by atoms with Gasteiger partial charge in [-0.1, -0.05) is 0 Å². The number of pyridine rings is 1. The van der Waals surface area contributed by atoms with Crippen molar-refractivity contribution in [1.82, 2.24) is 4.98 Å². The number of hydrogen-bond acceptors (Lipinski definition) is 2. The van der Waals surface area contributed by atoms with E-state index in [1.165, 1.54) is 13.1 Å². The Morgan fingerprint density at radius 3 is 2.73 bits per heavy atom. The van der Waals surface area contributed by atoms with Gasteiger partial charge in [0.25, 0.3) is 6.43 Å². The van der Waals surface area contributed by atoms with Crippen molar-refractivity contribution in [2.75, 3.05) is 0 Å². The summed E-state index contributed by atoms with van der Waals surface area (Å²) in [5, 5.41) is 8.50. The van der Waals surface area contributed by atoms with E-state index in [2.05, 4.69) is 4.98 Å². The summed E-state index contributed by atoms with van der Waals surface area (Å²) >= 11 is 5.54. The smallest absolute Gasteiger partial charge is 0.260 e. The van der Waals surface area contributed by atoms with Crippen LogP contribution in [-0.2, 0) is 12.3 Å². The van der Waals surface area contributed by atoms with Gasteiger partial charge in [-0.2, -0.15) is 5.26 Å². The Bertz CT molecular complexity index is 399. The molecule has 5 heteroatoms. The fourth-order valence-electron chi connectivity index (χ4n) is 1.38. The van der Waals surface area contributed by atoms with Crippen LogP contribution in [0.15, 0.2) is 6.20 Å². The molecule has 0 saturated heterocycles. The first kappa shape index (κ1) is 11.9. The Morgan fingerprint density at radius 2 is 2.27 bits per heavy atom. The molecule has 0 bridgehead atoms. The van der Waals surface area contributed by atoms with E-state index in [0.717, 1.165) is 0 Å². The van der Waals surface area contributed by atoms with Crippen LogP contribution in [0, 0.1) is 18.3 Å². The molecule has 0 aliphatic carbocycles. The minimum Gasteiger partial charge on any atom is -0.260 e. The molecule has 0 unspecified atom stereocenters. The molecule has 0 aliphatic rings. The Hall–Kier alpha value is -1.21. The molecule has 15 heavy (non-hydrogen) atoms. The third-order valence-electron chi connectivity index (χ3n) is 2.17. The maximum absolute atomic E-state index is 12.7. The van der Waals surface area contributed by atoms with Gasteiger partial charge in [0.1, 0.15) is 0 Å². The van der Waals surface area contributed by atoms with Crippen LogP contribution in [0.25, 0.3) is 0 Å². The molecule has 0 amide bonds. The molecule has 0 atom stereocenters. The normalized spacial score (nSPS) is 10.4. The second-order valence-electron chi connectivity index (χ2n) is 3.04. The van der Waals surface area contributed by atoms with Gasteiger partial charge in [-0.15, -0.1) is 11.6 Å². The molecule has 1 rings (SSSR count). The van der Waals surface area contributed by atoms with Gasteiger partial charge < -0.3 is 0 Å². The monoisotopic (exact) mass is 230 g/mol. The number of halogens is 3. The van der Waals surface area contributed by atoms with Crippen LogP contribution in [0.5, 0.6) is 0 Å². The predicted molar refractivity (Wildman–Crippen MR) is 52.8 cm³/mol. The lowest BCUT2D eigenvalue weighted by atomic mass is 10.0. The zero-order valence-corrected chi connectivity index (χ0v) is 8.85. The van der Waals surface area contributed by atoms with Gasteiger partial charge in [-0.05, 0) is 18.1 Å². The third kappa shape index (κ3) is 2.42. The molecule has 80 valence electrons. The van der Waals surface area contributed by atoms with Gasteiger partial charge in [0.05, 0.1) is 18.2 Å². The van der Waals surface area contributed by atoms with Crippen LogP contribution in [0.4, 0.5) is 8.78 Å². The molecule has 0 fully saturated rings. The lowest BCUT2D eigenvalue weighted by Crippen LogP contribution is -2.03. The van der Waals surface area contributed by atoms with E-state index in [1.807, 2.05) is 6.07 Å². The van der Waals surface area contributed by atoms with Gasteiger partial charge in [-0.25, -0.2) is 8.78 Å². The van der Waals surface area contributed by atoms with Gasteiger partial charge >= 0.3 is 0 Å². The molecule has 1 heterocycles. The fraction of sp³-hybridized carbons (Fsp3) is 0.400. The molecule has 1 aromatic heterocycles. The third-order valence-corrected chi connectivity index (χ3v) is 2.46. The number of nitrogens with zero attached hydrogens (tertiary/aromatic N) is 2. The molecule has 0 aliphatic heterocycles. The topological polar surface area (TPSA) is 36.7 Å². The van der Waals surface area contributed by atoms with Gasteiger partial charge in [0, 0.05) is 17.6 Å². The second kappa shape index (κ2) is 5.04. The Labute approximate surface area is 91.5 Å². The van der Waals surface area contributed by atoms with Crippen LogP contribution in [0.1, 0.15) is 28.8 Å². The number of nitriles is 1. The summed E-state index contributed by atoms with van der Waals surface area (Å²) in [5.41, 5.74) is 0.988. The molecule has 2 nitrogen and oxygen atoms in total. The highest BCUT2D eigenvalue weighted by Crippen LogP contribution is 2.28. The molecule has 0 spiro atoms. The van der Waals surface area contributed by atoms with Crippen molar-refractivity contribution in [2.24, 2.45) is 0 Å². The number of hydrogen-bond donors (Lipinski definition) is 0. The van der Waals surface area contributed by atoms with E-state index in [4.69, 9.17) is 16.9 Å². The zero-order chi connectivity index (χ0) is 11.4. The Kier molecular flexibility index (Phi) is 3.98. The summed E-state index contributed by atoms with van der Waals surface area (Å²) in [6.07, 6.45) is -1.23.